The summed E-state index contributed by atoms with van der Waals surface area (Å²) in [5.74, 6) is -0.647. The van der Waals surface area contributed by atoms with Crippen LogP contribution in [0.3, 0.4) is 0 Å². The summed E-state index contributed by atoms with van der Waals surface area (Å²) in [6.45, 7) is 2.40. The van der Waals surface area contributed by atoms with Gasteiger partial charge in [0.2, 0.25) is 5.91 Å². The maximum Gasteiger partial charge on any atom is 0.291 e. The van der Waals surface area contributed by atoms with Gasteiger partial charge in [0, 0.05) is 12.1 Å². The first-order chi connectivity index (χ1) is 11.9. The standard InChI is InChI=1S/C16H16Cl2N4O3/c1-2-7-19-13(23)9-20-15(24)10-3-5-11(6-4-10)22-16(25)14(18)12(17)8-21-22/h3-6,8H,2,7,9H2,1H3,(H,19,23)(H,20,24). The molecule has 2 rings (SSSR count). The van der Waals surface area contributed by atoms with Crippen LogP contribution in [-0.2, 0) is 4.79 Å². The summed E-state index contributed by atoms with van der Waals surface area (Å²) in [6, 6.07) is 6.13. The van der Waals surface area contributed by atoms with Crippen LogP contribution in [0.25, 0.3) is 5.69 Å². The number of amides is 2. The van der Waals surface area contributed by atoms with Gasteiger partial charge in [-0.05, 0) is 30.7 Å². The molecule has 2 amide bonds. The molecule has 0 bridgehead atoms. The highest BCUT2D eigenvalue weighted by molar-refractivity contribution is 6.41. The second-order valence-electron chi connectivity index (χ2n) is 5.10. The number of benzene rings is 1. The van der Waals surface area contributed by atoms with E-state index in [-0.39, 0.29) is 22.5 Å². The van der Waals surface area contributed by atoms with Crippen molar-refractivity contribution in [2.45, 2.75) is 13.3 Å². The molecule has 0 spiro atoms. The molecule has 7 nitrogen and oxygen atoms in total. The lowest BCUT2D eigenvalue weighted by molar-refractivity contribution is -0.120. The van der Waals surface area contributed by atoms with Crippen LogP contribution in [-0.4, -0.2) is 34.7 Å². The average molecular weight is 383 g/mol. The lowest BCUT2D eigenvalue weighted by atomic mass is 10.2. The monoisotopic (exact) mass is 382 g/mol. The highest BCUT2D eigenvalue weighted by Crippen LogP contribution is 2.16. The summed E-state index contributed by atoms with van der Waals surface area (Å²) in [5, 5.41) is 9.03. The second kappa shape index (κ2) is 8.64. The Balaban J connectivity index is 2.07. The number of aromatic nitrogens is 2. The Morgan fingerprint density at radius 2 is 1.84 bits per heavy atom. The SMILES string of the molecule is CCCNC(=O)CNC(=O)c1ccc(-n2ncc(Cl)c(Cl)c2=O)cc1. The molecule has 2 aromatic rings. The second-order valence-corrected chi connectivity index (χ2v) is 5.89. The molecule has 25 heavy (non-hydrogen) atoms. The van der Waals surface area contributed by atoms with E-state index in [2.05, 4.69) is 15.7 Å². The molecule has 0 aliphatic rings. The Bertz CT molecular complexity index is 834. The van der Waals surface area contributed by atoms with Crippen LogP contribution in [0.1, 0.15) is 23.7 Å². The van der Waals surface area contributed by atoms with Gasteiger partial charge in [0.15, 0.2) is 0 Å². The summed E-state index contributed by atoms with van der Waals surface area (Å²) in [6.07, 6.45) is 2.09. The molecule has 1 aromatic heterocycles. The highest BCUT2D eigenvalue weighted by atomic mass is 35.5. The number of nitrogens with zero attached hydrogens (tertiary/aromatic N) is 2. The number of hydrogen-bond acceptors (Lipinski definition) is 4. The summed E-state index contributed by atoms with van der Waals surface area (Å²) in [4.78, 5) is 35.5. The van der Waals surface area contributed by atoms with Gasteiger partial charge in [-0.25, -0.2) is 0 Å². The Kier molecular flexibility index (Phi) is 6.55. The van der Waals surface area contributed by atoms with Crippen LogP contribution in [0.15, 0.2) is 35.3 Å². The first kappa shape index (κ1) is 19.0. The van der Waals surface area contributed by atoms with E-state index < -0.39 is 11.5 Å². The molecule has 1 heterocycles. The van der Waals surface area contributed by atoms with E-state index in [4.69, 9.17) is 23.2 Å². The molecule has 0 unspecified atom stereocenters. The van der Waals surface area contributed by atoms with E-state index >= 15 is 0 Å². The lowest BCUT2D eigenvalue weighted by Gasteiger charge is -2.08. The minimum Gasteiger partial charge on any atom is -0.355 e. The number of carbonyl (C=O) groups is 2. The van der Waals surface area contributed by atoms with Crippen LogP contribution in [0.2, 0.25) is 10.0 Å². The molecular formula is C16H16Cl2N4O3. The molecule has 0 saturated heterocycles. The van der Waals surface area contributed by atoms with E-state index in [1.807, 2.05) is 6.92 Å². The van der Waals surface area contributed by atoms with Crippen LogP contribution >= 0.6 is 23.2 Å². The summed E-state index contributed by atoms with van der Waals surface area (Å²) < 4.78 is 1.08. The van der Waals surface area contributed by atoms with Crippen LogP contribution in [0.5, 0.6) is 0 Å². The van der Waals surface area contributed by atoms with Crippen molar-refractivity contribution in [1.29, 1.82) is 0 Å². The third-order valence-corrected chi connectivity index (χ3v) is 3.98. The number of halogens is 2. The highest BCUT2D eigenvalue weighted by Gasteiger charge is 2.11. The zero-order valence-electron chi connectivity index (χ0n) is 13.4. The number of nitrogens with one attached hydrogen (secondary N) is 2. The molecule has 0 radical (unpaired) electrons. The number of rotatable bonds is 6. The zero-order valence-corrected chi connectivity index (χ0v) is 14.9. The first-order valence-corrected chi connectivity index (χ1v) is 8.28. The predicted octanol–water partition coefficient (Wildman–Crippen LogP) is 1.80. The van der Waals surface area contributed by atoms with Gasteiger partial charge in [-0.2, -0.15) is 9.78 Å². The number of carbonyl (C=O) groups excluding carboxylic acids is 2. The van der Waals surface area contributed by atoms with Gasteiger partial charge >= 0.3 is 0 Å². The fraction of sp³-hybridized carbons (Fsp3) is 0.250. The van der Waals surface area contributed by atoms with Gasteiger partial charge in [-0.1, -0.05) is 30.1 Å². The Morgan fingerprint density at radius 3 is 2.48 bits per heavy atom. The molecule has 0 atom stereocenters. The quantitative estimate of drug-likeness (QED) is 0.796. The molecule has 9 heteroatoms. The van der Waals surface area contributed by atoms with Gasteiger partial charge in [0.25, 0.3) is 11.5 Å². The van der Waals surface area contributed by atoms with Crippen molar-refractivity contribution < 1.29 is 9.59 Å². The first-order valence-electron chi connectivity index (χ1n) is 7.52. The maximum absolute atomic E-state index is 12.0. The topological polar surface area (TPSA) is 93.1 Å². The van der Waals surface area contributed by atoms with Crippen molar-refractivity contribution >= 4 is 35.0 Å². The Morgan fingerprint density at radius 1 is 1.16 bits per heavy atom. The van der Waals surface area contributed by atoms with Crippen molar-refractivity contribution in [2.24, 2.45) is 0 Å². The average Bonchev–Trinajstić information content (AvgIpc) is 2.62. The molecule has 0 aliphatic carbocycles. The summed E-state index contributed by atoms with van der Waals surface area (Å²) in [7, 11) is 0. The Hall–Kier alpha value is -2.38. The van der Waals surface area contributed by atoms with Crippen molar-refractivity contribution in [3.63, 3.8) is 0 Å². The number of hydrogen-bond donors (Lipinski definition) is 2. The largest absolute Gasteiger partial charge is 0.355 e. The van der Waals surface area contributed by atoms with E-state index in [0.29, 0.717) is 17.8 Å². The van der Waals surface area contributed by atoms with E-state index in [1.54, 1.807) is 12.1 Å². The third-order valence-electron chi connectivity index (χ3n) is 3.23. The fourth-order valence-electron chi connectivity index (χ4n) is 1.94. The van der Waals surface area contributed by atoms with Crippen LogP contribution in [0.4, 0.5) is 0 Å². The van der Waals surface area contributed by atoms with Crippen molar-refractivity contribution in [3.8, 4) is 5.69 Å². The van der Waals surface area contributed by atoms with Gasteiger partial charge in [-0.15, -0.1) is 0 Å². The molecule has 1 aromatic carbocycles. The molecule has 0 saturated carbocycles. The molecule has 0 aliphatic heterocycles. The van der Waals surface area contributed by atoms with E-state index in [0.717, 1.165) is 11.1 Å². The minimum absolute atomic E-state index is 0.0697. The van der Waals surface area contributed by atoms with Crippen molar-refractivity contribution in [3.05, 3.63) is 56.4 Å². The summed E-state index contributed by atoms with van der Waals surface area (Å²) >= 11 is 11.6. The normalized spacial score (nSPS) is 10.4. The fourth-order valence-corrected chi connectivity index (χ4v) is 2.19. The van der Waals surface area contributed by atoms with Gasteiger partial charge < -0.3 is 10.6 Å². The molecular weight excluding hydrogens is 367 g/mol. The Labute approximate surface area is 153 Å². The maximum atomic E-state index is 12.0. The zero-order chi connectivity index (χ0) is 18.4. The van der Waals surface area contributed by atoms with Crippen LogP contribution in [0, 0.1) is 0 Å². The van der Waals surface area contributed by atoms with Crippen molar-refractivity contribution in [2.75, 3.05) is 13.1 Å². The molecule has 132 valence electrons. The van der Waals surface area contributed by atoms with E-state index in [9.17, 15) is 14.4 Å². The van der Waals surface area contributed by atoms with Crippen molar-refractivity contribution in [1.82, 2.24) is 20.4 Å². The molecule has 0 fully saturated rings. The lowest BCUT2D eigenvalue weighted by Crippen LogP contribution is -2.37. The summed E-state index contributed by atoms with van der Waals surface area (Å²) in [5.41, 5.74) is 0.222. The smallest absolute Gasteiger partial charge is 0.291 e. The minimum atomic E-state index is -0.557. The third kappa shape index (κ3) is 4.80. The van der Waals surface area contributed by atoms with Crippen LogP contribution < -0.4 is 16.2 Å². The predicted molar refractivity (Wildman–Crippen MR) is 95.5 cm³/mol. The van der Waals surface area contributed by atoms with Gasteiger partial charge in [-0.3, -0.25) is 14.4 Å². The van der Waals surface area contributed by atoms with Gasteiger partial charge in [0.1, 0.15) is 5.02 Å². The van der Waals surface area contributed by atoms with Gasteiger partial charge in [0.05, 0.1) is 23.5 Å². The molecule has 2 N–H and O–H groups in total. The van der Waals surface area contributed by atoms with E-state index in [1.165, 1.54) is 18.3 Å².